The van der Waals surface area contributed by atoms with Gasteiger partial charge in [0.05, 0.1) is 13.2 Å². The number of aliphatic hydroxyl groups excluding tert-OH is 1. The van der Waals surface area contributed by atoms with Crippen LogP contribution in [0.5, 0.6) is 5.75 Å². The Labute approximate surface area is 143 Å². The molecule has 2 rings (SSSR count). The van der Waals surface area contributed by atoms with Crippen LogP contribution in [0.1, 0.15) is 26.3 Å². The van der Waals surface area contributed by atoms with E-state index in [4.69, 9.17) is 4.74 Å². The molecule has 5 heteroatoms. The van der Waals surface area contributed by atoms with Crippen molar-refractivity contribution in [2.24, 2.45) is 0 Å². The van der Waals surface area contributed by atoms with E-state index in [2.05, 4.69) is 11.4 Å². The molecule has 2 aromatic carbocycles. The minimum absolute atomic E-state index is 0.0312. The van der Waals surface area contributed by atoms with Gasteiger partial charge in [0.25, 0.3) is 0 Å². The molecule has 0 heterocycles. The second-order valence-electron chi connectivity index (χ2n) is 6.30. The van der Waals surface area contributed by atoms with Crippen molar-refractivity contribution in [2.75, 3.05) is 13.7 Å². The molecule has 0 bridgehead atoms. The summed E-state index contributed by atoms with van der Waals surface area (Å²) >= 11 is 0. The molecule has 0 spiro atoms. The lowest BCUT2D eigenvalue weighted by molar-refractivity contribution is 0.119. The van der Waals surface area contributed by atoms with Crippen LogP contribution in [0.2, 0.25) is 0 Å². The summed E-state index contributed by atoms with van der Waals surface area (Å²) in [5.41, 5.74) is 1.03. The molecule has 2 N–H and O–H groups in total. The Balaban J connectivity index is 2.05. The Bertz CT molecular complexity index is 698. The van der Waals surface area contributed by atoms with Crippen LogP contribution in [0, 0.1) is 0 Å². The van der Waals surface area contributed by atoms with Crippen molar-refractivity contribution in [3.8, 4) is 5.75 Å². The van der Waals surface area contributed by atoms with Crippen molar-refractivity contribution in [1.29, 1.82) is 0 Å². The summed E-state index contributed by atoms with van der Waals surface area (Å²) < 4.78 is 5.23. The summed E-state index contributed by atoms with van der Waals surface area (Å²) in [6.45, 7) is 6.32. The Morgan fingerprint density at radius 3 is 2.46 bits per heavy atom. The van der Waals surface area contributed by atoms with Gasteiger partial charge in [0.2, 0.25) is 0 Å². The fraction of sp³-hybridized carbons (Fsp3) is 0.421. The van der Waals surface area contributed by atoms with Gasteiger partial charge >= 0.3 is 6.03 Å². The van der Waals surface area contributed by atoms with Gasteiger partial charge in [0.15, 0.2) is 0 Å². The third kappa shape index (κ3) is 4.61. The summed E-state index contributed by atoms with van der Waals surface area (Å²) in [6, 6.07) is 11.9. The first-order valence-electron chi connectivity index (χ1n) is 8.20. The maximum atomic E-state index is 12.3. The Morgan fingerprint density at radius 1 is 1.17 bits per heavy atom. The maximum absolute atomic E-state index is 12.3. The topological polar surface area (TPSA) is 61.8 Å². The normalized spacial score (nSPS) is 12.2. The minimum Gasteiger partial charge on any atom is -0.497 e. The number of amides is 2. The standard InChI is InChI=1S/C19H26N2O3/c1-13(2)21(12-14(3)22)19(23)20-11-15-5-6-17-10-18(24-4)8-7-16(17)9-15/h5-10,13-14,22H,11-12H2,1-4H3,(H,20,23)/t14-/m1/s1. The molecular weight excluding hydrogens is 304 g/mol. The van der Waals surface area contributed by atoms with Gasteiger partial charge in [-0.05, 0) is 55.3 Å². The maximum Gasteiger partial charge on any atom is 0.317 e. The molecule has 2 amide bonds. The van der Waals surface area contributed by atoms with Crippen molar-refractivity contribution in [3.63, 3.8) is 0 Å². The molecule has 0 saturated carbocycles. The highest BCUT2D eigenvalue weighted by Gasteiger charge is 2.18. The number of ether oxygens (including phenoxy) is 1. The Kier molecular flexibility index (Phi) is 6.04. The number of nitrogens with one attached hydrogen (secondary N) is 1. The third-order valence-corrected chi connectivity index (χ3v) is 3.90. The van der Waals surface area contributed by atoms with Crippen LogP contribution in [0.4, 0.5) is 4.79 Å². The van der Waals surface area contributed by atoms with Gasteiger partial charge in [0, 0.05) is 19.1 Å². The first-order valence-corrected chi connectivity index (χ1v) is 8.20. The predicted octanol–water partition coefficient (Wildman–Crippen LogP) is 3.15. The van der Waals surface area contributed by atoms with Crippen LogP contribution in [0.15, 0.2) is 36.4 Å². The number of methoxy groups -OCH3 is 1. The SMILES string of the molecule is COc1ccc2cc(CNC(=O)N(C[C@@H](C)O)C(C)C)ccc2c1. The van der Waals surface area contributed by atoms with Crippen molar-refractivity contribution in [1.82, 2.24) is 10.2 Å². The quantitative estimate of drug-likeness (QED) is 0.855. The number of hydrogen-bond donors (Lipinski definition) is 2. The number of hydrogen-bond acceptors (Lipinski definition) is 3. The lowest BCUT2D eigenvalue weighted by Crippen LogP contribution is -2.46. The number of aliphatic hydroxyl groups is 1. The van der Waals surface area contributed by atoms with E-state index in [1.165, 1.54) is 0 Å². The van der Waals surface area contributed by atoms with Crippen LogP contribution >= 0.6 is 0 Å². The smallest absolute Gasteiger partial charge is 0.317 e. The van der Waals surface area contributed by atoms with E-state index in [-0.39, 0.29) is 12.1 Å². The molecule has 1 atom stereocenters. The lowest BCUT2D eigenvalue weighted by atomic mass is 10.1. The highest BCUT2D eigenvalue weighted by atomic mass is 16.5. The van der Waals surface area contributed by atoms with Crippen molar-refractivity contribution in [2.45, 2.75) is 39.5 Å². The second kappa shape index (κ2) is 8.02. The summed E-state index contributed by atoms with van der Waals surface area (Å²) in [4.78, 5) is 14.0. The molecule has 0 aliphatic heterocycles. The molecule has 0 aliphatic rings. The monoisotopic (exact) mass is 330 g/mol. The van der Waals surface area contributed by atoms with E-state index in [1.807, 2.05) is 44.2 Å². The molecule has 0 saturated heterocycles. The van der Waals surface area contributed by atoms with E-state index >= 15 is 0 Å². The van der Waals surface area contributed by atoms with Gasteiger partial charge < -0.3 is 20.1 Å². The number of carbonyl (C=O) groups is 1. The number of nitrogens with zero attached hydrogens (tertiary/aromatic N) is 1. The molecule has 0 radical (unpaired) electrons. The van der Waals surface area contributed by atoms with Gasteiger partial charge in [0.1, 0.15) is 5.75 Å². The largest absolute Gasteiger partial charge is 0.497 e. The molecule has 0 aromatic heterocycles. The second-order valence-corrected chi connectivity index (χ2v) is 6.30. The van der Waals surface area contributed by atoms with Gasteiger partial charge in [-0.25, -0.2) is 4.79 Å². The van der Waals surface area contributed by atoms with Crippen LogP contribution < -0.4 is 10.1 Å². The van der Waals surface area contributed by atoms with Crippen molar-refractivity contribution in [3.05, 3.63) is 42.0 Å². The highest BCUT2D eigenvalue weighted by molar-refractivity contribution is 5.84. The fourth-order valence-electron chi connectivity index (χ4n) is 2.60. The van der Waals surface area contributed by atoms with Gasteiger partial charge in [-0.1, -0.05) is 18.2 Å². The van der Waals surface area contributed by atoms with E-state index in [0.717, 1.165) is 22.1 Å². The average molecular weight is 330 g/mol. The van der Waals surface area contributed by atoms with Crippen molar-refractivity contribution >= 4 is 16.8 Å². The highest BCUT2D eigenvalue weighted by Crippen LogP contribution is 2.21. The number of rotatable bonds is 6. The van der Waals surface area contributed by atoms with E-state index in [9.17, 15) is 9.90 Å². The summed E-state index contributed by atoms with van der Waals surface area (Å²) in [5.74, 6) is 0.828. The number of urea groups is 1. The molecular formula is C19H26N2O3. The molecule has 0 fully saturated rings. The predicted molar refractivity (Wildman–Crippen MR) is 96.3 cm³/mol. The van der Waals surface area contributed by atoms with E-state index in [1.54, 1.807) is 18.9 Å². The summed E-state index contributed by atoms with van der Waals surface area (Å²) in [7, 11) is 1.65. The zero-order valence-electron chi connectivity index (χ0n) is 14.7. The zero-order chi connectivity index (χ0) is 17.7. The van der Waals surface area contributed by atoms with Gasteiger partial charge in [-0.2, -0.15) is 0 Å². The number of benzene rings is 2. The minimum atomic E-state index is -0.547. The molecule has 2 aromatic rings. The molecule has 5 nitrogen and oxygen atoms in total. The molecule has 0 unspecified atom stereocenters. The fourth-order valence-corrected chi connectivity index (χ4v) is 2.60. The summed E-state index contributed by atoms with van der Waals surface area (Å²) in [6.07, 6.45) is -0.547. The number of carbonyl (C=O) groups excluding carboxylic acids is 1. The first-order chi connectivity index (χ1) is 11.4. The van der Waals surface area contributed by atoms with Crippen molar-refractivity contribution < 1.29 is 14.6 Å². The molecule has 24 heavy (non-hydrogen) atoms. The zero-order valence-corrected chi connectivity index (χ0v) is 14.7. The lowest BCUT2D eigenvalue weighted by Gasteiger charge is -2.28. The van der Waals surface area contributed by atoms with Crippen LogP contribution in [0.3, 0.4) is 0 Å². The van der Waals surface area contributed by atoms with E-state index in [0.29, 0.717) is 13.1 Å². The van der Waals surface area contributed by atoms with E-state index < -0.39 is 6.10 Å². The van der Waals surface area contributed by atoms with Crippen LogP contribution in [0.25, 0.3) is 10.8 Å². The Morgan fingerprint density at radius 2 is 1.83 bits per heavy atom. The molecule has 0 aliphatic carbocycles. The van der Waals surface area contributed by atoms with Crippen LogP contribution in [-0.4, -0.2) is 41.8 Å². The Hall–Kier alpha value is -2.27. The number of fused-ring (bicyclic) bond motifs is 1. The van der Waals surface area contributed by atoms with Crippen LogP contribution in [-0.2, 0) is 6.54 Å². The van der Waals surface area contributed by atoms with Gasteiger partial charge in [-0.15, -0.1) is 0 Å². The first kappa shape index (κ1) is 18.1. The summed E-state index contributed by atoms with van der Waals surface area (Å²) in [5, 5.41) is 14.7. The third-order valence-electron chi connectivity index (χ3n) is 3.90. The van der Waals surface area contributed by atoms with Gasteiger partial charge in [-0.3, -0.25) is 0 Å². The average Bonchev–Trinajstić information content (AvgIpc) is 2.56. The molecule has 130 valence electrons.